The largest absolute Gasteiger partial charge is 0.348 e. The molecule has 0 aliphatic rings. The Bertz CT molecular complexity index is 408. The highest BCUT2D eigenvalue weighted by atomic mass is 79.9. The summed E-state index contributed by atoms with van der Waals surface area (Å²) in [6, 6.07) is 8.31. The third-order valence-corrected chi connectivity index (χ3v) is 3.51. The summed E-state index contributed by atoms with van der Waals surface area (Å²) in [4.78, 5) is 4.56. The smallest absolute Gasteiger partial charge is 0.0968 e. The van der Waals surface area contributed by atoms with Gasteiger partial charge in [0, 0.05) is 15.8 Å². The number of thioether (sulfide) groups is 1. The Hall–Kier alpha value is -0.410. The minimum absolute atomic E-state index is 1.08. The van der Waals surface area contributed by atoms with E-state index in [1.165, 1.54) is 15.8 Å². The Morgan fingerprint density at radius 1 is 1.33 bits per heavy atom. The van der Waals surface area contributed by atoms with Crippen LogP contribution in [0.15, 0.2) is 33.8 Å². The zero-order chi connectivity index (χ0) is 8.55. The number of H-pyrrole nitrogens is 1. The summed E-state index contributed by atoms with van der Waals surface area (Å²) >= 11 is 5.25. The highest BCUT2D eigenvalue weighted by molar-refractivity contribution is 9.10. The minimum atomic E-state index is 1.08. The number of fused-ring (bicyclic) bond motifs is 1. The molecule has 0 fully saturated rings. The maximum Gasteiger partial charge on any atom is 0.0968 e. The molecule has 1 aromatic carbocycles. The number of hydrogen-bond donors (Lipinski definition) is 1. The molecule has 0 spiro atoms. The fourth-order valence-electron chi connectivity index (χ4n) is 1.28. The van der Waals surface area contributed by atoms with Crippen molar-refractivity contribution in [1.82, 2.24) is 4.98 Å². The van der Waals surface area contributed by atoms with Crippen LogP contribution < -0.4 is 0 Å². The van der Waals surface area contributed by atoms with Gasteiger partial charge in [-0.05, 0) is 28.3 Å². The van der Waals surface area contributed by atoms with Gasteiger partial charge in [0.15, 0.2) is 0 Å². The first kappa shape index (κ1) is 8.20. The lowest BCUT2D eigenvalue weighted by Gasteiger charge is -1.91. The minimum Gasteiger partial charge on any atom is -0.348 e. The fourth-order valence-corrected chi connectivity index (χ4v) is 2.82. The number of hydrogen-bond acceptors (Lipinski definition) is 1. The number of benzene rings is 1. The molecule has 0 atom stereocenters. The third kappa shape index (κ3) is 1.17. The summed E-state index contributed by atoms with van der Waals surface area (Å²) in [6.45, 7) is 0. The van der Waals surface area contributed by atoms with Crippen LogP contribution in [0.5, 0.6) is 0 Å². The molecule has 0 unspecified atom stereocenters. The standard InChI is InChI=1S/C9H8BrNS/c1-12-8-6-4-2-3-5-7(6)11-9(8)10/h2-5,11H,1H3. The molecule has 1 aromatic heterocycles. The highest BCUT2D eigenvalue weighted by Gasteiger charge is 2.06. The van der Waals surface area contributed by atoms with E-state index in [9.17, 15) is 0 Å². The molecule has 0 aliphatic heterocycles. The van der Waals surface area contributed by atoms with Gasteiger partial charge in [-0.2, -0.15) is 0 Å². The Morgan fingerprint density at radius 2 is 2.08 bits per heavy atom. The predicted octanol–water partition coefficient (Wildman–Crippen LogP) is 3.65. The molecule has 1 nitrogen and oxygen atoms in total. The Morgan fingerprint density at radius 3 is 2.83 bits per heavy atom. The van der Waals surface area contributed by atoms with Crippen molar-refractivity contribution in [2.24, 2.45) is 0 Å². The number of aromatic amines is 1. The first-order valence-electron chi connectivity index (χ1n) is 3.63. The molecule has 0 radical (unpaired) electrons. The Kier molecular flexibility index (Phi) is 2.15. The first-order chi connectivity index (χ1) is 5.83. The second-order valence-corrected chi connectivity index (χ2v) is 4.13. The third-order valence-electron chi connectivity index (χ3n) is 1.82. The van der Waals surface area contributed by atoms with Gasteiger partial charge in [0.2, 0.25) is 0 Å². The van der Waals surface area contributed by atoms with Crippen LogP contribution >= 0.6 is 27.7 Å². The molecule has 0 saturated heterocycles. The van der Waals surface area contributed by atoms with Crippen LogP contribution in [0.25, 0.3) is 10.9 Å². The van der Waals surface area contributed by atoms with Crippen LogP contribution in [0.1, 0.15) is 0 Å². The average Bonchev–Trinajstić information content (AvgIpc) is 2.40. The lowest BCUT2D eigenvalue weighted by atomic mass is 10.2. The number of nitrogens with one attached hydrogen (secondary N) is 1. The first-order valence-corrected chi connectivity index (χ1v) is 5.65. The van der Waals surface area contributed by atoms with Crippen molar-refractivity contribution in [3.8, 4) is 0 Å². The molecular formula is C9H8BrNS. The lowest BCUT2D eigenvalue weighted by Crippen LogP contribution is -1.65. The summed E-state index contributed by atoms with van der Waals surface area (Å²) in [7, 11) is 0. The maximum atomic E-state index is 3.49. The summed E-state index contributed by atoms with van der Waals surface area (Å²) in [5, 5.41) is 1.29. The number of aromatic nitrogens is 1. The van der Waals surface area contributed by atoms with Gasteiger partial charge in [-0.25, -0.2) is 0 Å². The summed E-state index contributed by atoms with van der Waals surface area (Å²) in [5.74, 6) is 0. The lowest BCUT2D eigenvalue weighted by molar-refractivity contribution is 1.34. The summed E-state index contributed by atoms with van der Waals surface area (Å²) in [5.41, 5.74) is 1.19. The van der Waals surface area contributed by atoms with E-state index in [1.54, 1.807) is 11.8 Å². The predicted molar refractivity (Wildman–Crippen MR) is 57.8 cm³/mol. The van der Waals surface area contributed by atoms with Crippen molar-refractivity contribution in [2.75, 3.05) is 6.26 Å². The van der Waals surface area contributed by atoms with Gasteiger partial charge in [-0.1, -0.05) is 18.2 Å². The molecule has 1 heterocycles. The molecule has 0 amide bonds. The van der Waals surface area contributed by atoms with Crippen LogP contribution in [0.2, 0.25) is 0 Å². The van der Waals surface area contributed by atoms with Crippen LogP contribution in [0.4, 0.5) is 0 Å². The van der Waals surface area contributed by atoms with E-state index >= 15 is 0 Å². The van der Waals surface area contributed by atoms with Crippen molar-refractivity contribution in [1.29, 1.82) is 0 Å². The SMILES string of the molecule is CSc1c(Br)[nH]c2ccccc12. The van der Waals surface area contributed by atoms with Crippen LogP contribution in [-0.2, 0) is 0 Å². The van der Waals surface area contributed by atoms with Crippen LogP contribution in [-0.4, -0.2) is 11.2 Å². The van der Waals surface area contributed by atoms with Gasteiger partial charge in [-0.3, -0.25) is 0 Å². The number of halogens is 1. The zero-order valence-corrected chi connectivity index (χ0v) is 9.00. The summed E-state index contributed by atoms with van der Waals surface area (Å²) in [6.07, 6.45) is 2.08. The van der Waals surface area contributed by atoms with Crippen molar-refractivity contribution in [3.05, 3.63) is 28.9 Å². The molecule has 12 heavy (non-hydrogen) atoms. The van der Waals surface area contributed by atoms with E-state index in [4.69, 9.17) is 0 Å². The number of para-hydroxylation sites is 1. The van der Waals surface area contributed by atoms with E-state index in [0.717, 1.165) is 4.60 Å². The topological polar surface area (TPSA) is 15.8 Å². The molecule has 2 aromatic rings. The fraction of sp³-hybridized carbons (Fsp3) is 0.111. The zero-order valence-electron chi connectivity index (χ0n) is 6.60. The van der Waals surface area contributed by atoms with E-state index in [-0.39, 0.29) is 0 Å². The van der Waals surface area contributed by atoms with Crippen LogP contribution in [0.3, 0.4) is 0 Å². The van der Waals surface area contributed by atoms with Gasteiger partial charge < -0.3 is 4.98 Å². The van der Waals surface area contributed by atoms with Gasteiger partial charge in [0.1, 0.15) is 0 Å². The molecule has 3 heteroatoms. The van der Waals surface area contributed by atoms with E-state index in [2.05, 4.69) is 45.4 Å². The Balaban J connectivity index is 2.81. The van der Waals surface area contributed by atoms with Gasteiger partial charge in [0.05, 0.1) is 4.60 Å². The van der Waals surface area contributed by atoms with E-state index in [1.807, 2.05) is 6.07 Å². The van der Waals surface area contributed by atoms with Crippen molar-refractivity contribution < 1.29 is 0 Å². The quantitative estimate of drug-likeness (QED) is 0.754. The number of rotatable bonds is 1. The molecule has 0 saturated carbocycles. The van der Waals surface area contributed by atoms with Crippen LogP contribution in [0, 0.1) is 0 Å². The molecule has 0 aliphatic carbocycles. The normalized spacial score (nSPS) is 10.8. The van der Waals surface area contributed by atoms with Crippen molar-refractivity contribution in [2.45, 2.75) is 4.90 Å². The maximum absolute atomic E-state index is 3.49. The molecule has 0 bridgehead atoms. The molecule has 62 valence electrons. The molecular weight excluding hydrogens is 234 g/mol. The van der Waals surface area contributed by atoms with E-state index in [0.29, 0.717) is 0 Å². The highest BCUT2D eigenvalue weighted by Crippen LogP contribution is 2.33. The van der Waals surface area contributed by atoms with Gasteiger partial charge in [-0.15, -0.1) is 11.8 Å². The average molecular weight is 242 g/mol. The second-order valence-electron chi connectivity index (χ2n) is 2.52. The van der Waals surface area contributed by atoms with Crippen molar-refractivity contribution >= 4 is 38.6 Å². The van der Waals surface area contributed by atoms with E-state index < -0.39 is 0 Å². The van der Waals surface area contributed by atoms with Gasteiger partial charge in [0.25, 0.3) is 0 Å². The second kappa shape index (κ2) is 3.15. The molecule has 2 rings (SSSR count). The molecule has 1 N–H and O–H groups in total. The Labute approximate surface area is 83.7 Å². The van der Waals surface area contributed by atoms with Gasteiger partial charge >= 0.3 is 0 Å². The van der Waals surface area contributed by atoms with Crippen molar-refractivity contribution in [3.63, 3.8) is 0 Å². The summed E-state index contributed by atoms with van der Waals surface area (Å²) < 4.78 is 1.08. The monoisotopic (exact) mass is 241 g/mol.